The topological polar surface area (TPSA) is 76.6 Å². The summed E-state index contributed by atoms with van der Waals surface area (Å²) in [6, 6.07) is 7.13. The van der Waals surface area contributed by atoms with Crippen molar-refractivity contribution >= 4 is 22.4 Å². The number of nitrogens with two attached hydrogens (primary N) is 1. The molecule has 154 valence electrons. The number of ether oxygens (including phenoxy) is 1. The van der Waals surface area contributed by atoms with Gasteiger partial charge in [0.15, 0.2) is 0 Å². The third kappa shape index (κ3) is 4.01. The third-order valence-electron chi connectivity index (χ3n) is 6.57. The van der Waals surface area contributed by atoms with Crippen LogP contribution in [0.3, 0.4) is 0 Å². The van der Waals surface area contributed by atoms with Crippen LogP contribution in [0.15, 0.2) is 23.2 Å². The summed E-state index contributed by atoms with van der Waals surface area (Å²) in [7, 11) is 0. The number of fused-ring (bicyclic) bond motifs is 1. The van der Waals surface area contributed by atoms with Crippen LogP contribution in [-0.2, 0) is 4.74 Å². The van der Waals surface area contributed by atoms with Crippen LogP contribution < -0.4 is 10.6 Å². The summed E-state index contributed by atoms with van der Waals surface area (Å²) in [6.07, 6.45) is 6.38. The number of nitrogens with zero attached hydrogens (tertiary/aromatic N) is 4. The van der Waals surface area contributed by atoms with Gasteiger partial charge in [0.1, 0.15) is 11.6 Å². The first-order valence-corrected chi connectivity index (χ1v) is 11.1. The van der Waals surface area contributed by atoms with Gasteiger partial charge in [-0.3, -0.25) is 4.99 Å². The lowest BCUT2D eigenvalue weighted by atomic mass is 9.87. The Labute approximate surface area is 172 Å². The molecule has 3 aliphatic rings. The van der Waals surface area contributed by atoms with E-state index in [1.807, 2.05) is 0 Å². The summed E-state index contributed by atoms with van der Waals surface area (Å²) in [5.41, 5.74) is 9.85. The van der Waals surface area contributed by atoms with Crippen molar-refractivity contribution in [1.82, 2.24) is 9.97 Å². The largest absolute Gasteiger partial charge is 0.379 e. The standard InChI is InChI=1S/C23H31N5O/c1-15-2-7-21-20(12-15)23(28-10-8-17(24)13-28)27-22(26-21)16-3-5-18(6-4-16)25-19-9-11-29-14-19/h2,7,12,16-17,19H,3-6,8-11,13-14,24H2,1H3/t16?,17-,19?/m0/s1. The summed E-state index contributed by atoms with van der Waals surface area (Å²) < 4.78 is 5.47. The molecular formula is C23H31N5O. The van der Waals surface area contributed by atoms with Gasteiger partial charge in [-0.25, -0.2) is 9.97 Å². The Morgan fingerprint density at radius 1 is 1.14 bits per heavy atom. The van der Waals surface area contributed by atoms with E-state index in [1.165, 1.54) is 11.3 Å². The Hall–Kier alpha value is -2.05. The van der Waals surface area contributed by atoms with E-state index in [9.17, 15) is 0 Å². The zero-order valence-electron chi connectivity index (χ0n) is 17.3. The highest BCUT2D eigenvalue weighted by Gasteiger charge is 2.27. The lowest BCUT2D eigenvalue weighted by Gasteiger charge is -2.25. The predicted octanol–water partition coefficient (Wildman–Crippen LogP) is 3.36. The molecule has 0 spiro atoms. The van der Waals surface area contributed by atoms with Crippen molar-refractivity contribution in [3.05, 3.63) is 29.6 Å². The van der Waals surface area contributed by atoms with Crippen molar-refractivity contribution in [2.75, 3.05) is 31.2 Å². The minimum absolute atomic E-state index is 0.237. The molecule has 0 amide bonds. The van der Waals surface area contributed by atoms with Crippen LogP contribution in [0.25, 0.3) is 10.9 Å². The SMILES string of the molecule is Cc1ccc2nc(C3CCC(=NC4CCOC4)CC3)nc(N3CC[C@H](N)C3)c2c1. The maximum atomic E-state index is 6.19. The maximum Gasteiger partial charge on any atom is 0.140 e. The Morgan fingerprint density at radius 2 is 2.00 bits per heavy atom. The molecule has 29 heavy (non-hydrogen) atoms. The number of rotatable bonds is 3. The zero-order chi connectivity index (χ0) is 19.8. The maximum absolute atomic E-state index is 6.19. The second-order valence-corrected chi connectivity index (χ2v) is 8.91. The van der Waals surface area contributed by atoms with Gasteiger partial charge >= 0.3 is 0 Å². The summed E-state index contributed by atoms with van der Waals surface area (Å²) >= 11 is 0. The molecule has 3 heterocycles. The van der Waals surface area contributed by atoms with Gasteiger partial charge in [-0.05, 0) is 57.6 Å². The molecule has 1 unspecified atom stereocenters. The molecule has 0 radical (unpaired) electrons. The van der Waals surface area contributed by atoms with E-state index in [2.05, 4.69) is 30.0 Å². The fourth-order valence-electron chi connectivity index (χ4n) is 4.87. The number of hydrogen-bond acceptors (Lipinski definition) is 6. The van der Waals surface area contributed by atoms with E-state index in [1.54, 1.807) is 0 Å². The van der Waals surface area contributed by atoms with Gasteiger partial charge < -0.3 is 15.4 Å². The van der Waals surface area contributed by atoms with Gasteiger partial charge in [-0.2, -0.15) is 0 Å². The average Bonchev–Trinajstić information content (AvgIpc) is 3.39. The fraction of sp³-hybridized carbons (Fsp3) is 0.609. The first-order valence-electron chi connectivity index (χ1n) is 11.1. The number of aryl methyl sites for hydroxylation is 1. The first-order chi connectivity index (χ1) is 14.2. The van der Waals surface area contributed by atoms with Gasteiger partial charge in [0.2, 0.25) is 0 Å². The molecule has 1 aliphatic carbocycles. The number of hydrogen-bond donors (Lipinski definition) is 1. The van der Waals surface area contributed by atoms with E-state index in [4.69, 9.17) is 25.4 Å². The molecule has 2 aromatic rings. The molecule has 1 aromatic heterocycles. The van der Waals surface area contributed by atoms with Gasteiger partial charge in [-0.1, -0.05) is 11.6 Å². The molecule has 5 rings (SSSR count). The van der Waals surface area contributed by atoms with Crippen LogP contribution in [0.4, 0.5) is 5.82 Å². The van der Waals surface area contributed by atoms with Crippen molar-refractivity contribution < 1.29 is 4.74 Å². The van der Waals surface area contributed by atoms with Crippen LogP contribution in [0, 0.1) is 6.92 Å². The predicted molar refractivity (Wildman–Crippen MR) is 117 cm³/mol. The molecule has 1 aromatic carbocycles. The summed E-state index contributed by atoms with van der Waals surface area (Å²) in [5, 5.41) is 1.15. The van der Waals surface area contributed by atoms with Crippen LogP contribution in [0.2, 0.25) is 0 Å². The summed E-state index contributed by atoms with van der Waals surface area (Å²) in [4.78, 5) is 17.4. The van der Waals surface area contributed by atoms with Crippen molar-refractivity contribution in [2.24, 2.45) is 10.7 Å². The molecule has 3 fully saturated rings. The molecule has 6 nitrogen and oxygen atoms in total. The molecule has 6 heteroatoms. The second-order valence-electron chi connectivity index (χ2n) is 8.91. The van der Waals surface area contributed by atoms with Crippen LogP contribution in [-0.4, -0.2) is 54.1 Å². The number of aliphatic imine (C=N–C) groups is 1. The second kappa shape index (κ2) is 8.00. The first kappa shape index (κ1) is 18.9. The van der Waals surface area contributed by atoms with Crippen LogP contribution in [0.1, 0.15) is 55.8 Å². The van der Waals surface area contributed by atoms with E-state index < -0.39 is 0 Å². The molecule has 2 atom stereocenters. The monoisotopic (exact) mass is 393 g/mol. The smallest absolute Gasteiger partial charge is 0.140 e. The minimum Gasteiger partial charge on any atom is -0.379 e. The van der Waals surface area contributed by atoms with Gasteiger partial charge in [0.25, 0.3) is 0 Å². The molecular weight excluding hydrogens is 362 g/mol. The lowest BCUT2D eigenvalue weighted by Crippen LogP contribution is -2.27. The molecule has 2 aliphatic heterocycles. The molecule has 1 saturated carbocycles. The highest BCUT2D eigenvalue weighted by atomic mass is 16.5. The summed E-state index contributed by atoms with van der Waals surface area (Å²) in [6.45, 7) is 5.64. The van der Waals surface area contributed by atoms with E-state index >= 15 is 0 Å². The molecule has 0 bridgehead atoms. The number of anilines is 1. The van der Waals surface area contributed by atoms with E-state index in [0.717, 1.165) is 87.4 Å². The minimum atomic E-state index is 0.237. The number of benzene rings is 1. The van der Waals surface area contributed by atoms with Crippen molar-refractivity contribution in [3.63, 3.8) is 0 Å². The zero-order valence-corrected chi connectivity index (χ0v) is 17.3. The van der Waals surface area contributed by atoms with Crippen LogP contribution >= 0.6 is 0 Å². The van der Waals surface area contributed by atoms with Gasteiger partial charge in [-0.15, -0.1) is 0 Å². The number of aromatic nitrogens is 2. The summed E-state index contributed by atoms with van der Waals surface area (Å²) in [5.74, 6) is 2.49. The Kier molecular flexibility index (Phi) is 5.22. The Balaban J connectivity index is 1.41. The van der Waals surface area contributed by atoms with Crippen LogP contribution in [0.5, 0.6) is 0 Å². The van der Waals surface area contributed by atoms with Gasteiger partial charge in [0.05, 0.1) is 18.2 Å². The Bertz CT molecular complexity index is 911. The van der Waals surface area contributed by atoms with Gasteiger partial charge in [0, 0.05) is 42.8 Å². The highest BCUT2D eigenvalue weighted by molar-refractivity contribution is 5.90. The van der Waals surface area contributed by atoms with Crippen molar-refractivity contribution in [2.45, 2.75) is 63.5 Å². The molecule has 2 saturated heterocycles. The van der Waals surface area contributed by atoms with E-state index in [0.29, 0.717) is 12.0 Å². The highest BCUT2D eigenvalue weighted by Crippen LogP contribution is 2.34. The Morgan fingerprint density at radius 3 is 2.72 bits per heavy atom. The molecule has 2 N–H and O–H groups in total. The van der Waals surface area contributed by atoms with Crippen molar-refractivity contribution in [1.29, 1.82) is 0 Å². The normalized spacial score (nSPS) is 27.7. The fourth-order valence-corrected chi connectivity index (χ4v) is 4.87. The quantitative estimate of drug-likeness (QED) is 0.865. The third-order valence-corrected chi connectivity index (χ3v) is 6.57. The lowest BCUT2D eigenvalue weighted by molar-refractivity contribution is 0.194. The van der Waals surface area contributed by atoms with Crippen molar-refractivity contribution in [3.8, 4) is 0 Å². The average molecular weight is 394 g/mol. The van der Waals surface area contributed by atoms with E-state index in [-0.39, 0.29) is 6.04 Å².